The number of amides is 1. The molecule has 1 amide bonds. The van der Waals surface area contributed by atoms with Crippen molar-refractivity contribution in [1.82, 2.24) is 14.5 Å². The smallest absolute Gasteiger partial charge is 0.258 e. The summed E-state index contributed by atoms with van der Waals surface area (Å²) in [5, 5.41) is 9.98. The Labute approximate surface area is 167 Å². The van der Waals surface area contributed by atoms with Gasteiger partial charge in [0.1, 0.15) is 0 Å². The van der Waals surface area contributed by atoms with Gasteiger partial charge in [-0.1, -0.05) is 54.1 Å². The molecule has 0 bridgehead atoms. The first-order chi connectivity index (χ1) is 13.4. The number of hydrogen-bond acceptors (Lipinski definition) is 4. The van der Waals surface area contributed by atoms with E-state index in [1.54, 1.807) is 36.4 Å². The minimum Gasteiger partial charge on any atom is -0.305 e. The molecule has 0 saturated carbocycles. The molecule has 7 nitrogen and oxygen atoms in total. The van der Waals surface area contributed by atoms with Crippen molar-refractivity contribution in [3.63, 3.8) is 0 Å². The molecule has 0 spiro atoms. The third-order valence-corrected chi connectivity index (χ3v) is 6.63. The van der Waals surface area contributed by atoms with Crippen molar-refractivity contribution in [1.29, 1.82) is 0 Å². The van der Waals surface area contributed by atoms with Crippen molar-refractivity contribution in [3.05, 3.63) is 82.0 Å². The maximum Gasteiger partial charge on any atom is 0.258 e. The molecule has 144 valence electrons. The van der Waals surface area contributed by atoms with Gasteiger partial charge in [0, 0.05) is 12.1 Å². The molecule has 28 heavy (non-hydrogen) atoms. The molecule has 0 radical (unpaired) electrons. The number of anilines is 1. The van der Waals surface area contributed by atoms with Gasteiger partial charge < -0.3 is 5.32 Å². The Balaban J connectivity index is 1.50. The van der Waals surface area contributed by atoms with Crippen LogP contribution in [0.5, 0.6) is 0 Å². The van der Waals surface area contributed by atoms with Crippen LogP contribution in [0, 0.1) is 0 Å². The van der Waals surface area contributed by atoms with Crippen molar-refractivity contribution in [2.75, 3.05) is 5.32 Å². The highest BCUT2D eigenvalue weighted by atomic mass is 35.5. The third-order valence-electron chi connectivity index (χ3n) is 4.56. The topological polar surface area (TPSA) is 95.2 Å². The highest BCUT2D eigenvalue weighted by molar-refractivity contribution is 7.88. The molecule has 0 atom stereocenters. The van der Waals surface area contributed by atoms with Gasteiger partial charge in [0.05, 0.1) is 28.6 Å². The predicted octanol–water partition coefficient (Wildman–Crippen LogP) is 3.16. The summed E-state index contributed by atoms with van der Waals surface area (Å²) in [4.78, 5) is 12.5. The minimum atomic E-state index is -3.50. The zero-order valence-electron chi connectivity index (χ0n) is 14.7. The van der Waals surface area contributed by atoms with Crippen LogP contribution in [-0.4, -0.2) is 28.8 Å². The van der Waals surface area contributed by atoms with Crippen LogP contribution in [0.3, 0.4) is 0 Å². The number of nitrogens with one attached hydrogen (secondary N) is 2. The van der Waals surface area contributed by atoms with Crippen LogP contribution < -0.4 is 5.32 Å². The average Bonchev–Trinajstić information content (AvgIpc) is 3.25. The molecule has 2 aromatic carbocycles. The number of sulfonamides is 1. The lowest BCUT2D eigenvalue weighted by Crippen LogP contribution is -2.27. The Bertz CT molecular complexity index is 1130. The number of H-pyrrole nitrogens is 1. The monoisotopic (exact) mass is 416 g/mol. The lowest BCUT2D eigenvalue weighted by atomic mass is 10.2. The Morgan fingerprint density at radius 2 is 1.82 bits per heavy atom. The number of carbonyl (C=O) groups is 1. The maximum absolute atomic E-state index is 12.8. The first kappa shape index (κ1) is 18.7. The normalized spacial score (nSPS) is 14.0. The van der Waals surface area contributed by atoms with E-state index in [2.05, 4.69) is 15.5 Å². The van der Waals surface area contributed by atoms with E-state index in [-0.39, 0.29) is 18.8 Å². The van der Waals surface area contributed by atoms with Crippen molar-refractivity contribution >= 4 is 33.3 Å². The number of hydrogen-bond donors (Lipinski definition) is 2. The third kappa shape index (κ3) is 3.66. The summed E-state index contributed by atoms with van der Waals surface area (Å²) in [5.74, 6) is -0.157. The van der Waals surface area contributed by atoms with E-state index in [0.717, 1.165) is 5.56 Å². The summed E-state index contributed by atoms with van der Waals surface area (Å²) in [6, 6.07) is 15.7. The van der Waals surface area contributed by atoms with E-state index in [4.69, 9.17) is 11.6 Å². The van der Waals surface area contributed by atoms with Crippen LogP contribution in [0.2, 0.25) is 5.02 Å². The lowest BCUT2D eigenvalue weighted by Gasteiger charge is -2.16. The molecular weight excluding hydrogens is 400 g/mol. The Kier molecular flexibility index (Phi) is 4.92. The molecule has 3 aromatic rings. The number of aromatic nitrogens is 2. The maximum atomic E-state index is 12.8. The van der Waals surface area contributed by atoms with Crippen molar-refractivity contribution in [2.24, 2.45) is 0 Å². The highest BCUT2D eigenvalue weighted by Crippen LogP contribution is 2.30. The second-order valence-corrected chi connectivity index (χ2v) is 8.85. The summed E-state index contributed by atoms with van der Waals surface area (Å²) in [5.41, 5.74) is 2.39. The summed E-state index contributed by atoms with van der Waals surface area (Å²) < 4.78 is 26.9. The van der Waals surface area contributed by atoms with Crippen LogP contribution in [0.4, 0.5) is 5.82 Å². The van der Waals surface area contributed by atoms with Gasteiger partial charge >= 0.3 is 0 Å². The second kappa shape index (κ2) is 7.38. The lowest BCUT2D eigenvalue weighted by molar-refractivity contribution is 0.102. The summed E-state index contributed by atoms with van der Waals surface area (Å²) in [6.07, 6.45) is 0. The number of nitrogens with zero attached hydrogens (tertiary/aromatic N) is 2. The number of benzene rings is 2. The SMILES string of the molecule is O=C(Nc1n[nH]c2c1CN(S(=O)(=O)Cc1ccccc1)C2)c1ccccc1Cl. The van der Waals surface area contributed by atoms with E-state index >= 15 is 0 Å². The van der Waals surface area contributed by atoms with Crippen molar-refractivity contribution in [3.8, 4) is 0 Å². The van der Waals surface area contributed by atoms with Crippen molar-refractivity contribution in [2.45, 2.75) is 18.8 Å². The molecule has 0 fully saturated rings. The summed E-state index contributed by atoms with van der Waals surface area (Å²) in [7, 11) is -3.50. The quantitative estimate of drug-likeness (QED) is 0.667. The average molecular weight is 417 g/mol. The summed E-state index contributed by atoms with van der Waals surface area (Å²) >= 11 is 6.06. The van der Waals surface area contributed by atoms with E-state index < -0.39 is 15.9 Å². The fraction of sp³-hybridized carbons (Fsp3) is 0.158. The van der Waals surface area contributed by atoms with Crippen LogP contribution >= 0.6 is 11.6 Å². The molecule has 2 N–H and O–H groups in total. The first-order valence-electron chi connectivity index (χ1n) is 8.58. The number of fused-ring (bicyclic) bond motifs is 1. The van der Waals surface area contributed by atoms with Gasteiger partial charge in [0.2, 0.25) is 10.0 Å². The molecule has 1 aromatic heterocycles. The van der Waals surface area contributed by atoms with E-state index in [9.17, 15) is 13.2 Å². The van der Waals surface area contributed by atoms with Gasteiger partial charge in [-0.25, -0.2) is 8.42 Å². The number of aromatic amines is 1. The Morgan fingerprint density at radius 1 is 1.11 bits per heavy atom. The number of carbonyl (C=O) groups excluding carboxylic acids is 1. The van der Waals surface area contributed by atoms with Gasteiger partial charge in [0.25, 0.3) is 5.91 Å². The van der Waals surface area contributed by atoms with E-state index in [1.807, 2.05) is 18.2 Å². The van der Waals surface area contributed by atoms with Crippen LogP contribution in [0.25, 0.3) is 0 Å². The molecule has 0 aliphatic carbocycles. The molecular formula is C19H17ClN4O3S. The molecule has 1 aliphatic heterocycles. The molecule has 9 heteroatoms. The molecule has 0 unspecified atom stereocenters. The van der Waals surface area contributed by atoms with Crippen LogP contribution in [-0.2, 0) is 28.9 Å². The second-order valence-electron chi connectivity index (χ2n) is 6.47. The zero-order chi connectivity index (χ0) is 19.7. The van der Waals surface area contributed by atoms with Gasteiger partial charge in [-0.05, 0) is 17.7 Å². The minimum absolute atomic E-state index is 0.0765. The zero-order valence-corrected chi connectivity index (χ0v) is 16.3. The standard InChI is InChI=1S/C19H17ClN4O3S/c20-16-9-5-4-8-14(16)19(25)21-18-15-10-24(11-17(15)22-23-18)28(26,27)12-13-6-2-1-3-7-13/h1-9H,10-12H2,(H2,21,22,23,25). The van der Waals surface area contributed by atoms with Crippen LogP contribution in [0.1, 0.15) is 27.2 Å². The number of rotatable bonds is 5. The fourth-order valence-corrected chi connectivity index (χ4v) is 4.78. The van der Waals surface area contributed by atoms with Crippen molar-refractivity contribution < 1.29 is 13.2 Å². The van der Waals surface area contributed by atoms with Gasteiger partial charge in [0.15, 0.2) is 5.82 Å². The fourth-order valence-electron chi connectivity index (χ4n) is 3.11. The van der Waals surface area contributed by atoms with E-state index in [1.165, 1.54) is 4.31 Å². The summed E-state index contributed by atoms with van der Waals surface area (Å²) in [6.45, 7) is 0.346. The first-order valence-corrected chi connectivity index (χ1v) is 10.6. The predicted molar refractivity (Wildman–Crippen MR) is 106 cm³/mol. The van der Waals surface area contributed by atoms with Crippen LogP contribution in [0.15, 0.2) is 54.6 Å². The van der Waals surface area contributed by atoms with Gasteiger partial charge in [-0.15, -0.1) is 0 Å². The highest BCUT2D eigenvalue weighted by Gasteiger charge is 2.33. The molecule has 1 aliphatic rings. The van der Waals surface area contributed by atoms with Gasteiger partial charge in [-0.2, -0.15) is 9.40 Å². The largest absolute Gasteiger partial charge is 0.305 e. The molecule has 0 saturated heterocycles. The Hall–Kier alpha value is -2.68. The molecule has 2 heterocycles. The number of halogens is 1. The molecule has 4 rings (SSSR count). The van der Waals surface area contributed by atoms with Gasteiger partial charge in [-0.3, -0.25) is 9.89 Å². The van der Waals surface area contributed by atoms with E-state index in [0.29, 0.717) is 27.7 Å². The Morgan fingerprint density at radius 3 is 2.57 bits per heavy atom.